The summed E-state index contributed by atoms with van der Waals surface area (Å²) in [5.74, 6) is 11.6. The maximum Gasteiger partial charge on any atom is 0.0286 e. The Morgan fingerprint density at radius 3 is 1.88 bits per heavy atom. The molecule has 1 nitrogen and oxygen atoms in total. The van der Waals surface area contributed by atoms with Crippen LogP contribution in [0, 0.1) is 27.3 Å². The summed E-state index contributed by atoms with van der Waals surface area (Å²) in [6, 6.07) is 11.8. The fraction of sp³-hybridized carbons (Fsp3) is 0. The van der Waals surface area contributed by atoms with Crippen molar-refractivity contribution < 1.29 is 0 Å². The molecule has 0 bridgehead atoms. The van der Waals surface area contributed by atoms with Gasteiger partial charge >= 0.3 is 0 Å². The average molecular weight is 329 g/mol. The van der Waals surface area contributed by atoms with Crippen molar-refractivity contribution in [3.8, 4) is 23.7 Å². The first-order chi connectivity index (χ1) is 8.34. The maximum absolute atomic E-state index is 3.92. The minimum absolute atomic E-state index is 0.928. The lowest BCUT2D eigenvalue weighted by Gasteiger charge is -1.88. The summed E-state index contributed by atoms with van der Waals surface area (Å²) in [6.45, 7) is 0. The van der Waals surface area contributed by atoms with E-state index in [0.29, 0.717) is 0 Å². The molecule has 17 heavy (non-hydrogen) atoms. The Labute approximate surface area is 114 Å². The van der Waals surface area contributed by atoms with E-state index in [1.165, 1.54) is 3.57 Å². The predicted octanol–water partition coefficient (Wildman–Crippen LogP) is 3.09. The zero-order valence-electron chi connectivity index (χ0n) is 8.94. The molecule has 0 saturated heterocycles. The van der Waals surface area contributed by atoms with Crippen LogP contribution in [0.2, 0.25) is 0 Å². The smallest absolute Gasteiger partial charge is 0.0286 e. The summed E-state index contributed by atoms with van der Waals surface area (Å²) < 4.78 is 1.20. The number of hydrogen-bond donors (Lipinski definition) is 0. The van der Waals surface area contributed by atoms with E-state index in [-0.39, 0.29) is 0 Å². The lowest BCUT2D eigenvalue weighted by atomic mass is 10.2. The van der Waals surface area contributed by atoms with Crippen LogP contribution in [-0.2, 0) is 0 Å². The third kappa shape index (κ3) is 3.94. The molecule has 80 valence electrons. The van der Waals surface area contributed by atoms with Crippen LogP contribution in [-0.4, -0.2) is 4.98 Å². The summed E-state index contributed by atoms with van der Waals surface area (Å²) in [5, 5.41) is 0. The Hall–Kier alpha value is -1.78. The highest BCUT2D eigenvalue weighted by Gasteiger charge is 1.85. The van der Waals surface area contributed by atoms with Crippen molar-refractivity contribution >= 4 is 22.6 Å². The first kappa shape index (κ1) is 11.7. The first-order valence-electron chi connectivity index (χ1n) is 5.02. The van der Waals surface area contributed by atoms with Crippen LogP contribution in [0.5, 0.6) is 0 Å². The molecule has 0 aliphatic rings. The van der Waals surface area contributed by atoms with Gasteiger partial charge in [0.2, 0.25) is 0 Å². The topological polar surface area (TPSA) is 12.9 Å². The van der Waals surface area contributed by atoms with Crippen molar-refractivity contribution in [1.29, 1.82) is 0 Å². The van der Waals surface area contributed by atoms with E-state index in [0.717, 1.165) is 11.1 Å². The van der Waals surface area contributed by atoms with E-state index in [4.69, 9.17) is 0 Å². The number of aromatic nitrogens is 1. The second-order valence-corrected chi connectivity index (χ2v) is 4.49. The molecule has 0 amide bonds. The second-order valence-electron chi connectivity index (χ2n) is 3.24. The minimum Gasteiger partial charge on any atom is -0.265 e. The molecule has 0 saturated carbocycles. The molecule has 1 heterocycles. The summed E-state index contributed by atoms with van der Waals surface area (Å²) in [7, 11) is 0. The van der Waals surface area contributed by atoms with Crippen molar-refractivity contribution in [1.82, 2.24) is 4.98 Å². The van der Waals surface area contributed by atoms with Gasteiger partial charge in [-0.1, -0.05) is 11.8 Å². The van der Waals surface area contributed by atoms with Gasteiger partial charge in [0.1, 0.15) is 0 Å². The molecular formula is C15H8IN. The Morgan fingerprint density at radius 2 is 1.29 bits per heavy atom. The van der Waals surface area contributed by atoms with Crippen molar-refractivity contribution in [2.45, 2.75) is 0 Å². The van der Waals surface area contributed by atoms with E-state index >= 15 is 0 Å². The number of rotatable bonds is 0. The second kappa shape index (κ2) is 6.08. The van der Waals surface area contributed by atoms with Gasteiger partial charge in [0, 0.05) is 27.1 Å². The fourth-order valence-corrected chi connectivity index (χ4v) is 1.53. The zero-order chi connectivity index (χ0) is 11.9. The molecule has 0 unspecified atom stereocenters. The normalized spacial score (nSPS) is 8.53. The SMILES string of the molecule is Ic1ccc(C#CC#Cc2ccncc2)cc1. The van der Waals surface area contributed by atoms with Gasteiger partial charge in [0.15, 0.2) is 0 Å². The number of pyridine rings is 1. The molecule has 2 rings (SSSR count). The molecule has 0 aliphatic heterocycles. The molecule has 0 atom stereocenters. The molecule has 2 aromatic rings. The lowest BCUT2D eigenvalue weighted by molar-refractivity contribution is 1.32. The Morgan fingerprint density at radius 1 is 0.765 bits per heavy atom. The Bertz CT molecular complexity index is 607. The highest BCUT2D eigenvalue weighted by atomic mass is 127. The number of hydrogen-bond acceptors (Lipinski definition) is 1. The van der Waals surface area contributed by atoms with Gasteiger partial charge in [-0.3, -0.25) is 4.98 Å². The third-order valence-corrected chi connectivity index (χ3v) is 2.72. The number of benzene rings is 1. The number of nitrogens with zero attached hydrogens (tertiary/aromatic N) is 1. The molecule has 1 aromatic carbocycles. The van der Waals surface area contributed by atoms with Gasteiger partial charge in [-0.25, -0.2) is 0 Å². The molecule has 0 radical (unpaired) electrons. The van der Waals surface area contributed by atoms with Gasteiger partial charge < -0.3 is 0 Å². The maximum atomic E-state index is 3.92. The third-order valence-electron chi connectivity index (χ3n) is 2.00. The molecular weight excluding hydrogens is 321 g/mol. The minimum atomic E-state index is 0.928. The van der Waals surface area contributed by atoms with Crippen LogP contribution in [0.15, 0.2) is 48.8 Å². The van der Waals surface area contributed by atoms with Crippen LogP contribution >= 0.6 is 22.6 Å². The molecule has 0 fully saturated rings. The highest BCUT2D eigenvalue weighted by Crippen LogP contribution is 2.05. The molecule has 0 aliphatic carbocycles. The predicted molar refractivity (Wildman–Crippen MR) is 77.2 cm³/mol. The van der Waals surface area contributed by atoms with Gasteiger partial charge in [0.25, 0.3) is 0 Å². The van der Waals surface area contributed by atoms with Gasteiger partial charge in [-0.2, -0.15) is 0 Å². The van der Waals surface area contributed by atoms with Crippen LogP contribution in [0.1, 0.15) is 11.1 Å². The Balaban J connectivity index is 2.09. The van der Waals surface area contributed by atoms with Crippen molar-refractivity contribution in [2.75, 3.05) is 0 Å². The van der Waals surface area contributed by atoms with Gasteiger partial charge in [0.05, 0.1) is 0 Å². The van der Waals surface area contributed by atoms with Crippen LogP contribution in [0.25, 0.3) is 0 Å². The van der Waals surface area contributed by atoms with E-state index < -0.39 is 0 Å². The summed E-state index contributed by atoms with van der Waals surface area (Å²) >= 11 is 2.27. The molecule has 1 aromatic heterocycles. The zero-order valence-corrected chi connectivity index (χ0v) is 11.1. The van der Waals surface area contributed by atoms with Crippen molar-refractivity contribution in [3.63, 3.8) is 0 Å². The van der Waals surface area contributed by atoms with Crippen molar-refractivity contribution in [2.24, 2.45) is 0 Å². The molecule has 2 heteroatoms. The van der Waals surface area contributed by atoms with Crippen LogP contribution < -0.4 is 0 Å². The molecule has 0 spiro atoms. The Kier molecular flexibility index (Phi) is 4.18. The lowest BCUT2D eigenvalue weighted by Crippen LogP contribution is -1.74. The fourth-order valence-electron chi connectivity index (χ4n) is 1.18. The largest absolute Gasteiger partial charge is 0.265 e. The van der Waals surface area contributed by atoms with E-state index in [9.17, 15) is 0 Å². The van der Waals surface area contributed by atoms with Gasteiger partial charge in [-0.05, 0) is 70.8 Å². The quantitative estimate of drug-likeness (QED) is 0.535. The van der Waals surface area contributed by atoms with E-state index in [2.05, 4.69) is 51.3 Å². The standard InChI is InChI=1S/C15H8IN/c16-15-7-5-13(6-8-15)3-1-2-4-14-9-11-17-12-10-14/h5-12H. The van der Waals surface area contributed by atoms with Crippen LogP contribution in [0.4, 0.5) is 0 Å². The monoisotopic (exact) mass is 329 g/mol. The number of halogens is 1. The summed E-state index contributed by atoms with van der Waals surface area (Å²) in [4.78, 5) is 3.92. The van der Waals surface area contributed by atoms with E-state index in [1.807, 2.05) is 36.4 Å². The average Bonchev–Trinajstić information content (AvgIpc) is 2.38. The van der Waals surface area contributed by atoms with Gasteiger partial charge in [-0.15, -0.1) is 0 Å². The molecule has 0 N–H and O–H groups in total. The van der Waals surface area contributed by atoms with Crippen molar-refractivity contribution in [3.05, 3.63) is 63.5 Å². The van der Waals surface area contributed by atoms with Crippen LogP contribution in [0.3, 0.4) is 0 Å². The summed E-state index contributed by atoms with van der Waals surface area (Å²) in [5.41, 5.74) is 1.91. The highest BCUT2D eigenvalue weighted by molar-refractivity contribution is 14.1. The first-order valence-corrected chi connectivity index (χ1v) is 6.10. The van der Waals surface area contributed by atoms with E-state index in [1.54, 1.807) is 12.4 Å². The summed E-state index contributed by atoms with van der Waals surface area (Å²) in [6.07, 6.45) is 3.44.